The Hall–Kier alpha value is -6.06. The number of fused-ring (bicyclic) bond motifs is 14. The second-order valence-corrected chi connectivity index (χ2v) is 16.1. The summed E-state index contributed by atoms with van der Waals surface area (Å²) < 4.78 is 5.33. The highest BCUT2D eigenvalue weighted by Gasteiger charge is 2.19. The van der Waals surface area contributed by atoms with E-state index >= 15 is 0 Å². The quantitative estimate of drug-likeness (QED) is 0.125. The summed E-state index contributed by atoms with van der Waals surface area (Å²) in [4.78, 5) is 0. The zero-order valence-electron chi connectivity index (χ0n) is 28.0. The van der Waals surface area contributed by atoms with Crippen LogP contribution in [0.2, 0.25) is 0 Å². The molecule has 0 spiro atoms. The lowest BCUT2D eigenvalue weighted by Gasteiger charge is -2.18. The van der Waals surface area contributed by atoms with Crippen LogP contribution in [0.15, 0.2) is 170 Å². The van der Waals surface area contributed by atoms with Gasteiger partial charge < -0.3 is 0 Å². The maximum absolute atomic E-state index is 2.46. The molecule has 0 atom stereocenters. The molecule has 0 saturated heterocycles. The van der Waals surface area contributed by atoms with Crippen molar-refractivity contribution in [2.75, 3.05) is 0 Å². The average Bonchev–Trinajstić information content (AvgIpc) is 3.76. The molecule has 2 heteroatoms. The van der Waals surface area contributed by atoms with Crippen molar-refractivity contribution in [2.45, 2.75) is 0 Å². The van der Waals surface area contributed by atoms with Crippen LogP contribution >= 0.6 is 22.7 Å². The third kappa shape index (κ3) is 3.97. The Morgan fingerprint density at radius 3 is 1.08 bits per heavy atom. The Morgan fingerprint density at radius 1 is 0.212 bits per heavy atom. The van der Waals surface area contributed by atoms with Crippen LogP contribution in [-0.2, 0) is 0 Å². The Labute approximate surface area is 307 Å². The number of hydrogen-bond acceptors (Lipinski definition) is 2. The van der Waals surface area contributed by atoms with Gasteiger partial charge in [0.05, 0.1) is 0 Å². The molecule has 52 heavy (non-hydrogen) atoms. The fraction of sp³-hybridized carbons (Fsp3) is 0. The van der Waals surface area contributed by atoms with E-state index in [4.69, 9.17) is 0 Å². The molecular weight excluding hydrogens is 665 g/mol. The minimum absolute atomic E-state index is 1.26. The van der Waals surface area contributed by atoms with Crippen LogP contribution in [0.1, 0.15) is 0 Å². The highest BCUT2D eigenvalue weighted by atomic mass is 32.1. The van der Waals surface area contributed by atoms with Crippen molar-refractivity contribution >= 4 is 117 Å². The fourth-order valence-corrected chi connectivity index (χ4v) is 11.2. The molecule has 12 rings (SSSR count). The monoisotopic (exact) mass is 692 g/mol. The van der Waals surface area contributed by atoms with Gasteiger partial charge in [0.1, 0.15) is 0 Å². The molecule has 0 bridgehead atoms. The van der Waals surface area contributed by atoms with E-state index in [0.29, 0.717) is 0 Å². The van der Waals surface area contributed by atoms with Gasteiger partial charge in [0.15, 0.2) is 0 Å². The molecule has 240 valence electrons. The first kappa shape index (κ1) is 28.6. The predicted molar refractivity (Wildman–Crippen MR) is 231 cm³/mol. The van der Waals surface area contributed by atoms with Crippen LogP contribution in [-0.4, -0.2) is 0 Å². The van der Waals surface area contributed by atoms with Crippen molar-refractivity contribution < 1.29 is 0 Å². The summed E-state index contributed by atoms with van der Waals surface area (Å²) in [5.41, 5.74) is 5.13. The SMILES string of the molecule is c1ccc2c(c1)sc1ccc(-c3c4ccccc4c(-c4ccc5sc6cc7c8ccccc8c8ccccc8c7cc6c5c4)c4ccccc34)cc12. The Balaban J connectivity index is 1.13. The summed E-state index contributed by atoms with van der Waals surface area (Å²) in [7, 11) is 0. The van der Waals surface area contributed by atoms with Crippen LogP contribution in [0.4, 0.5) is 0 Å². The van der Waals surface area contributed by atoms with E-state index in [0.717, 1.165) is 0 Å². The van der Waals surface area contributed by atoms with Gasteiger partial charge in [-0.3, -0.25) is 0 Å². The third-order valence-corrected chi connectivity index (χ3v) is 13.5. The molecule has 0 aliphatic carbocycles. The third-order valence-electron chi connectivity index (χ3n) is 11.2. The van der Waals surface area contributed by atoms with Crippen LogP contribution in [0.5, 0.6) is 0 Å². The zero-order valence-corrected chi connectivity index (χ0v) is 29.6. The van der Waals surface area contributed by atoms with Gasteiger partial charge >= 0.3 is 0 Å². The summed E-state index contributed by atoms with van der Waals surface area (Å²) in [5, 5.41) is 18.4. The molecule has 0 radical (unpaired) electrons. The number of thiophene rings is 2. The van der Waals surface area contributed by atoms with Gasteiger partial charge in [0.2, 0.25) is 0 Å². The van der Waals surface area contributed by atoms with Gasteiger partial charge in [-0.2, -0.15) is 0 Å². The van der Waals surface area contributed by atoms with Gasteiger partial charge in [-0.25, -0.2) is 0 Å². The van der Waals surface area contributed by atoms with Crippen molar-refractivity contribution in [3.8, 4) is 22.3 Å². The van der Waals surface area contributed by atoms with Crippen LogP contribution < -0.4 is 0 Å². The topological polar surface area (TPSA) is 0 Å². The van der Waals surface area contributed by atoms with E-state index in [1.54, 1.807) is 0 Å². The van der Waals surface area contributed by atoms with Crippen molar-refractivity contribution in [1.29, 1.82) is 0 Å². The predicted octanol–water partition coefficient (Wildman–Crippen LogP) is 15.5. The summed E-state index contributed by atoms with van der Waals surface area (Å²) in [6.07, 6.45) is 0. The van der Waals surface area contributed by atoms with E-state index in [2.05, 4.69) is 170 Å². The molecule has 0 N–H and O–H groups in total. The summed E-state index contributed by atoms with van der Waals surface area (Å²) >= 11 is 3.78. The first-order valence-electron chi connectivity index (χ1n) is 17.8. The van der Waals surface area contributed by atoms with Crippen molar-refractivity contribution in [2.24, 2.45) is 0 Å². The second kappa shape index (κ2) is 10.7. The average molecular weight is 693 g/mol. The van der Waals surface area contributed by atoms with Crippen molar-refractivity contribution in [3.05, 3.63) is 170 Å². The van der Waals surface area contributed by atoms with E-state index in [1.807, 2.05) is 22.7 Å². The van der Waals surface area contributed by atoms with E-state index in [1.165, 1.54) is 116 Å². The Bertz CT molecular complexity index is 3410. The van der Waals surface area contributed by atoms with Crippen molar-refractivity contribution in [3.63, 3.8) is 0 Å². The van der Waals surface area contributed by atoms with Gasteiger partial charge in [-0.15, -0.1) is 22.7 Å². The molecule has 0 aliphatic heterocycles. The minimum atomic E-state index is 1.26. The molecule has 0 amide bonds. The van der Waals surface area contributed by atoms with Crippen LogP contribution in [0.25, 0.3) is 116 Å². The lowest BCUT2D eigenvalue weighted by molar-refractivity contribution is 1.70. The molecule has 0 aliphatic rings. The summed E-state index contributed by atoms with van der Waals surface area (Å²) in [6.45, 7) is 0. The smallest absolute Gasteiger partial charge is 0.0362 e. The maximum atomic E-state index is 2.46. The molecule has 12 aromatic rings. The molecule has 0 saturated carbocycles. The highest BCUT2D eigenvalue weighted by molar-refractivity contribution is 7.26. The summed E-state index contributed by atoms with van der Waals surface area (Å²) in [5.74, 6) is 0. The van der Waals surface area contributed by atoms with E-state index in [9.17, 15) is 0 Å². The molecular formula is C50H28S2. The number of benzene rings is 10. The van der Waals surface area contributed by atoms with Crippen LogP contribution in [0.3, 0.4) is 0 Å². The maximum Gasteiger partial charge on any atom is 0.0362 e. The lowest BCUT2D eigenvalue weighted by Crippen LogP contribution is -1.90. The molecule has 0 unspecified atom stereocenters. The van der Waals surface area contributed by atoms with Gasteiger partial charge in [-0.05, 0) is 119 Å². The first-order chi connectivity index (χ1) is 25.8. The Morgan fingerprint density at radius 2 is 0.558 bits per heavy atom. The second-order valence-electron chi connectivity index (χ2n) is 13.9. The van der Waals surface area contributed by atoms with Crippen LogP contribution in [0, 0.1) is 0 Å². The van der Waals surface area contributed by atoms with Gasteiger partial charge in [-0.1, -0.05) is 127 Å². The highest BCUT2D eigenvalue weighted by Crippen LogP contribution is 2.47. The normalized spacial score (nSPS) is 12.2. The largest absolute Gasteiger partial charge is 0.135 e. The number of hydrogen-bond donors (Lipinski definition) is 0. The molecule has 0 fully saturated rings. The molecule has 2 heterocycles. The van der Waals surface area contributed by atoms with E-state index in [-0.39, 0.29) is 0 Å². The first-order valence-corrected chi connectivity index (χ1v) is 19.5. The fourth-order valence-electron chi connectivity index (χ4n) is 8.96. The zero-order chi connectivity index (χ0) is 33.9. The van der Waals surface area contributed by atoms with Crippen molar-refractivity contribution in [1.82, 2.24) is 0 Å². The molecule has 10 aromatic carbocycles. The Kier molecular flexibility index (Phi) is 5.90. The molecule has 2 aromatic heterocycles. The minimum Gasteiger partial charge on any atom is -0.135 e. The van der Waals surface area contributed by atoms with Gasteiger partial charge in [0.25, 0.3) is 0 Å². The van der Waals surface area contributed by atoms with Gasteiger partial charge in [0, 0.05) is 40.3 Å². The standard InChI is InChI=1S/C50H28S2/c1-3-13-33-31(11-1)32-12-2-4-14-34(32)41-28-48-44(27-40(33)41)43-26-30(22-24-47(43)52-48)50-38-18-7-5-16-36(38)49(37-17-6-8-19-39(37)50)29-21-23-46-42(25-29)35-15-9-10-20-45(35)51-46/h1-28H. The lowest BCUT2D eigenvalue weighted by atomic mass is 9.85. The molecule has 0 nitrogen and oxygen atoms in total. The summed E-state index contributed by atoms with van der Waals surface area (Å²) in [6, 6.07) is 63.7. The van der Waals surface area contributed by atoms with E-state index < -0.39 is 0 Å². The number of rotatable bonds is 2.